The molecule has 0 fully saturated rings. The van der Waals surface area contributed by atoms with E-state index < -0.39 is 6.10 Å². The van der Waals surface area contributed by atoms with Crippen molar-refractivity contribution in [2.45, 2.75) is 25.9 Å². The number of rotatable bonds is 5. The Hall–Kier alpha value is -1.81. The van der Waals surface area contributed by atoms with E-state index in [0.29, 0.717) is 18.7 Å². The first kappa shape index (κ1) is 12.6. The summed E-state index contributed by atoms with van der Waals surface area (Å²) < 4.78 is 10.5. The van der Waals surface area contributed by atoms with Gasteiger partial charge in [0.05, 0.1) is 18.9 Å². The third kappa shape index (κ3) is 3.34. The van der Waals surface area contributed by atoms with Crippen LogP contribution in [-0.2, 0) is 12.8 Å². The predicted octanol–water partition coefficient (Wildman–Crippen LogP) is 2.20. The van der Waals surface area contributed by atoms with Crippen LogP contribution in [-0.4, -0.2) is 23.3 Å². The van der Waals surface area contributed by atoms with Crippen molar-refractivity contribution >= 4 is 0 Å². The van der Waals surface area contributed by atoms with Gasteiger partial charge < -0.3 is 14.3 Å². The SMILES string of the molecule is COc1ccc(Cc2nc(CC(C)O)co2)cc1. The topological polar surface area (TPSA) is 55.5 Å². The maximum atomic E-state index is 9.27. The fourth-order valence-electron chi connectivity index (χ4n) is 1.74. The van der Waals surface area contributed by atoms with Crippen LogP contribution >= 0.6 is 0 Å². The first-order chi connectivity index (χ1) is 8.67. The molecule has 0 saturated heterocycles. The third-order valence-corrected chi connectivity index (χ3v) is 2.62. The molecule has 1 unspecified atom stereocenters. The summed E-state index contributed by atoms with van der Waals surface area (Å²) in [4.78, 5) is 4.33. The van der Waals surface area contributed by atoms with E-state index in [9.17, 15) is 5.11 Å². The molecular weight excluding hydrogens is 230 g/mol. The largest absolute Gasteiger partial charge is 0.497 e. The molecule has 1 aromatic carbocycles. The van der Waals surface area contributed by atoms with E-state index in [-0.39, 0.29) is 0 Å². The van der Waals surface area contributed by atoms with Crippen LogP contribution < -0.4 is 4.74 Å². The van der Waals surface area contributed by atoms with Crippen molar-refractivity contribution in [3.63, 3.8) is 0 Å². The van der Waals surface area contributed by atoms with Crippen LogP contribution in [0.2, 0.25) is 0 Å². The highest BCUT2D eigenvalue weighted by molar-refractivity contribution is 5.28. The molecule has 0 bridgehead atoms. The second-order valence-electron chi connectivity index (χ2n) is 4.31. The summed E-state index contributed by atoms with van der Waals surface area (Å²) >= 11 is 0. The molecule has 1 atom stereocenters. The minimum atomic E-state index is -0.399. The summed E-state index contributed by atoms with van der Waals surface area (Å²) in [5.74, 6) is 1.50. The molecule has 0 saturated carbocycles. The van der Waals surface area contributed by atoms with Gasteiger partial charge in [-0.1, -0.05) is 12.1 Å². The Morgan fingerprint density at radius 2 is 2.06 bits per heavy atom. The number of nitrogens with zero attached hydrogens (tertiary/aromatic N) is 1. The van der Waals surface area contributed by atoms with Gasteiger partial charge >= 0.3 is 0 Å². The van der Waals surface area contributed by atoms with Crippen molar-refractivity contribution < 1.29 is 14.3 Å². The van der Waals surface area contributed by atoms with Crippen molar-refractivity contribution in [2.75, 3.05) is 7.11 Å². The van der Waals surface area contributed by atoms with Gasteiger partial charge in [-0.25, -0.2) is 4.98 Å². The third-order valence-electron chi connectivity index (χ3n) is 2.62. The molecule has 0 amide bonds. The van der Waals surface area contributed by atoms with Gasteiger partial charge in [0.2, 0.25) is 0 Å². The summed E-state index contributed by atoms with van der Waals surface area (Å²) in [7, 11) is 1.64. The molecule has 18 heavy (non-hydrogen) atoms. The second kappa shape index (κ2) is 5.69. The zero-order valence-corrected chi connectivity index (χ0v) is 10.6. The van der Waals surface area contributed by atoms with E-state index in [1.54, 1.807) is 20.3 Å². The Labute approximate surface area is 106 Å². The standard InChI is InChI=1S/C14H17NO3/c1-10(16)7-12-9-18-14(15-12)8-11-3-5-13(17-2)6-4-11/h3-6,9-10,16H,7-8H2,1-2H3. The molecule has 0 radical (unpaired) electrons. The number of ether oxygens (including phenoxy) is 1. The van der Waals surface area contributed by atoms with E-state index in [2.05, 4.69) is 4.98 Å². The average molecular weight is 247 g/mol. The lowest BCUT2D eigenvalue weighted by molar-refractivity contribution is 0.194. The van der Waals surface area contributed by atoms with Crippen molar-refractivity contribution in [3.8, 4) is 5.75 Å². The number of benzene rings is 1. The van der Waals surface area contributed by atoms with Gasteiger partial charge in [-0.05, 0) is 24.6 Å². The number of hydrogen-bond acceptors (Lipinski definition) is 4. The quantitative estimate of drug-likeness (QED) is 0.880. The minimum Gasteiger partial charge on any atom is -0.497 e. The summed E-state index contributed by atoms with van der Waals surface area (Å²) in [6.45, 7) is 1.73. The highest BCUT2D eigenvalue weighted by Gasteiger charge is 2.07. The molecule has 4 nitrogen and oxygen atoms in total. The maximum absolute atomic E-state index is 9.27. The average Bonchev–Trinajstić information content (AvgIpc) is 2.76. The highest BCUT2D eigenvalue weighted by Crippen LogP contribution is 2.15. The van der Waals surface area contributed by atoms with Gasteiger partial charge in [0, 0.05) is 12.8 Å². The lowest BCUT2D eigenvalue weighted by atomic mass is 10.1. The summed E-state index contributed by atoms with van der Waals surface area (Å²) in [6.07, 6.45) is 2.37. The molecule has 1 aromatic heterocycles. The first-order valence-electron chi connectivity index (χ1n) is 5.91. The molecule has 0 aliphatic heterocycles. The molecule has 2 rings (SSSR count). The lowest BCUT2D eigenvalue weighted by Crippen LogP contribution is -2.04. The van der Waals surface area contributed by atoms with E-state index in [1.165, 1.54) is 0 Å². The van der Waals surface area contributed by atoms with Crippen LogP contribution in [0.1, 0.15) is 24.1 Å². The van der Waals surface area contributed by atoms with E-state index in [1.807, 2.05) is 24.3 Å². The smallest absolute Gasteiger partial charge is 0.198 e. The highest BCUT2D eigenvalue weighted by atomic mass is 16.5. The van der Waals surface area contributed by atoms with Crippen LogP contribution in [0.25, 0.3) is 0 Å². The van der Waals surface area contributed by atoms with E-state index >= 15 is 0 Å². The zero-order chi connectivity index (χ0) is 13.0. The van der Waals surface area contributed by atoms with Crippen LogP contribution in [0, 0.1) is 0 Å². The molecule has 2 aromatic rings. The number of methoxy groups -OCH3 is 1. The van der Waals surface area contributed by atoms with Crippen molar-refractivity contribution in [2.24, 2.45) is 0 Å². The van der Waals surface area contributed by atoms with Gasteiger partial charge in [0.1, 0.15) is 12.0 Å². The van der Waals surface area contributed by atoms with Crippen LogP contribution in [0.4, 0.5) is 0 Å². The minimum absolute atomic E-state index is 0.399. The molecule has 1 N–H and O–H groups in total. The predicted molar refractivity (Wildman–Crippen MR) is 67.7 cm³/mol. The zero-order valence-electron chi connectivity index (χ0n) is 10.6. The summed E-state index contributed by atoms with van der Waals surface area (Å²) in [5, 5.41) is 9.27. The molecular formula is C14H17NO3. The number of oxazole rings is 1. The van der Waals surface area contributed by atoms with Gasteiger partial charge in [-0.15, -0.1) is 0 Å². The van der Waals surface area contributed by atoms with Crippen LogP contribution in [0.15, 0.2) is 34.9 Å². The Kier molecular flexibility index (Phi) is 3.99. The van der Waals surface area contributed by atoms with Gasteiger partial charge in [-0.2, -0.15) is 0 Å². The van der Waals surface area contributed by atoms with Gasteiger partial charge in [-0.3, -0.25) is 0 Å². The Balaban J connectivity index is 2.01. The van der Waals surface area contributed by atoms with Gasteiger partial charge in [0.15, 0.2) is 5.89 Å². The maximum Gasteiger partial charge on any atom is 0.198 e. The summed E-state index contributed by atoms with van der Waals surface area (Å²) in [5.41, 5.74) is 1.90. The molecule has 4 heteroatoms. The van der Waals surface area contributed by atoms with Crippen molar-refractivity contribution in [1.29, 1.82) is 0 Å². The first-order valence-corrected chi connectivity index (χ1v) is 5.91. The van der Waals surface area contributed by atoms with Crippen molar-refractivity contribution in [3.05, 3.63) is 47.7 Å². The van der Waals surface area contributed by atoms with Gasteiger partial charge in [0.25, 0.3) is 0 Å². The fourth-order valence-corrected chi connectivity index (χ4v) is 1.74. The fraction of sp³-hybridized carbons (Fsp3) is 0.357. The Morgan fingerprint density at radius 1 is 1.33 bits per heavy atom. The molecule has 96 valence electrons. The summed E-state index contributed by atoms with van der Waals surface area (Å²) in [6, 6.07) is 7.79. The number of aromatic nitrogens is 1. The van der Waals surface area contributed by atoms with Crippen LogP contribution in [0.3, 0.4) is 0 Å². The molecule has 1 heterocycles. The monoisotopic (exact) mass is 247 g/mol. The number of aliphatic hydroxyl groups is 1. The van der Waals surface area contributed by atoms with Crippen molar-refractivity contribution in [1.82, 2.24) is 4.98 Å². The van der Waals surface area contributed by atoms with E-state index in [4.69, 9.17) is 9.15 Å². The Morgan fingerprint density at radius 3 is 2.67 bits per heavy atom. The lowest BCUT2D eigenvalue weighted by Gasteiger charge is -2.01. The second-order valence-corrected chi connectivity index (χ2v) is 4.31. The molecule has 0 aliphatic rings. The molecule has 0 aliphatic carbocycles. The number of hydrogen-bond donors (Lipinski definition) is 1. The molecule has 0 spiro atoms. The normalized spacial score (nSPS) is 12.4. The van der Waals surface area contributed by atoms with E-state index in [0.717, 1.165) is 17.0 Å². The van der Waals surface area contributed by atoms with Crippen LogP contribution in [0.5, 0.6) is 5.75 Å². The number of aliphatic hydroxyl groups excluding tert-OH is 1. The Bertz CT molecular complexity index is 488.